The minimum Gasteiger partial charge on any atom is -0.363 e. The summed E-state index contributed by atoms with van der Waals surface area (Å²) in [4.78, 5) is 29.1. The van der Waals surface area contributed by atoms with Crippen LogP contribution in [0.15, 0.2) is 42.7 Å². The number of aromatic nitrogens is 3. The quantitative estimate of drug-likeness (QED) is 0.402. The third kappa shape index (κ3) is 5.29. The van der Waals surface area contributed by atoms with Crippen LogP contribution in [0.25, 0.3) is 11.4 Å². The molecule has 3 aromatic rings. The Hall–Kier alpha value is -2.70. The fourth-order valence-electron chi connectivity index (χ4n) is 4.76. The molecule has 1 N–H and O–H groups in total. The summed E-state index contributed by atoms with van der Waals surface area (Å²) in [5.41, 5.74) is 3.52. The maximum atomic E-state index is 13.5. The number of hydrogen-bond acceptors (Lipinski definition) is 5. The molecule has 0 fully saturated rings. The Morgan fingerprint density at radius 1 is 1.20 bits per heavy atom. The first-order chi connectivity index (χ1) is 16.8. The first-order valence-electron chi connectivity index (χ1n) is 12.1. The van der Waals surface area contributed by atoms with E-state index in [4.69, 9.17) is 28.2 Å². The van der Waals surface area contributed by atoms with E-state index in [0.29, 0.717) is 29.0 Å². The first-order valence-corrected chi connectivity index (χ1v) is 12.8. The number of benzene rings is 1. The summed E-state index contributed by atoms with van der Waals surface area (Å²) in [6, 6.07) is 9.26. The van der Waals surface area contributed by atoms with Crippen LogP contribution >= 0.6 is 23.2 Å². The van der Waals surface area contributed by atoms with Crippen LogP contribution < -0.4 is 5.32 Å². The fraction of sp³-hybridized carbons (Fsp3) is 0.407. The van der Waals surface area contributed by atoms with Gasteiger partial charge in [-0.2, -0.15) is 0 Å². The highest BCUT2D eigenvalue weighted by molar-refractivity contribution is 6.35. The molecule has 2 atom stereocenters. The van der Waals surface area contributed by atoms with Gasteiger partial charge in [0, 0.05) is 41.1 Å². The largest absolute Gasteiger partial charge is 0.363 e. The summed E-state index contributed by atoms with van der Waals surface area (Å²) in [7, 11) is 0. The average Bonchev–Trinajstić information content (AvgIpc) is 2.86. The minimum atomic E-state index is -0.363. The lowest BCUT2D eigenvalue weighted by atomic mass is 9.83. The number of fused-ring (bicyclic) bond motifs is 1. The molecule has 0 radical (unpaired) electrons. The van der Waals surface area contributed by atoms with Crippen molar-refractivity contribution >= 4 is 34.9 Å². The number of aryl methyl sites for hydroxylation is 2. The molecule has 0 bridgehead atoms. The number of nitrogens with zero attached hydrogens (tertiary/aromatic N) is 4. The van der Waals surface area contributed by atoms with E-state index in [1.54, 1.807) is 24.5 Å². The summed E-state index contributed by atoms with van der Waals surface area (Å²) in [5.74, 6) is 1.26. The number of amides is 1. The van der Waals surface area contributed by atoms with Crippen molar-refractivity contribution in [3.05, 3.63) is 69.6 Å². The van der Waals surface area contributed by atoms with E-state index < -0.39 is 0 Å². The van der Waals surface area contributed by atoms with Crippen molar-refractivity contribution < 1.29 is 4.79 Å². The van der Waals surface area contributed by atoms with Gasteiger partial charge in [0.15, 0.2) is 5.82 Å². The molecule has 1 aromatic carbocycles. The summed E-state index contributed by atoms with van der Waals surface area (Å²) in [6.45, 7) is 9.27. The standard InChI is InChI=1S/C27H31Cl2N5O/c1-5-27(16-34(6-2)26(35)17(3)21-9-8-20(28)15-23(21)29)11-10-19-14-22(18(4)32-24(19)33-27)25-30-12-7-13-31-25/h7-9,12-15,17H,5-6,10-11,16H2,1-4H3,(H,32,33)/t17-,27+/m0/s1. The Kier molecular flexibility index (Phi) is 7.62. The van der Waals surface area contributed by atoms with Crippen molar-refractivity contribution in [3.8, 4) is 11.4 Å². The molecule has 0 saturated carbocycles. The molecular formula is C27H31Cl2N5O. The van der Waals surface area contributed by atoms with Crippen LogP contribution in [0.4, 0.5) is 5.82 Å². The number of nitrogens with one attached hydrogen (secondary N) is 1. The van der Waals surface area contributed by atoms with E-state index in [-0.39, 0.29) is 17.4 Å². The molecule has 0 unspecified atom stereocenters. The second-order valence-electron chi connectivity index (χ2n) is 9.20. The Balaban J connectivity index is 1.56. The zero-order chi connectivity index (χ0) is 25.2. The third-order valence-electron chi connectivity index (χ3n) is 7.02. The number of hydrogen-bond donors (Lipinski definition) is 1. The van der Waals surface area contributed by atoms with E-state index in [2.05, 4.69) is 28.3 Å². The maximum absolute atomic E-state index is 13.5. The lowest BCUT2D eigenvalue weighted by molar-refractivity contribution is -0.133. The zero-order valence-corrected chi connectivity index (χ0v) is 22.1. The van der Waals surface area contributed by atoms with Gasteiger partial charge < -0.3 is 10.2 Å². The number of pyridine rings is 1. The van der Waals surface area contributed by atoms with Crippen molar-refractivity contribution in [1.29, 1.82) is 0 Å². The van der Waals surface area contributed by atoms with E-state index in [1.807, 2.05) is 37.8 Å². The molecule has 3 heterocycles. The molecule has 184 valence electrons. The van der Waals surface area contributed by atoms with Crippen molar-refractivity contribution in [1.82, 2.24) is 19.9 Å². The summed E-state index contributed by atoms with van der Waals surface area (Å²) < 4.78 is 0. The third-order valence-corrected chi connectivity index (χ3v) is 7.58. The van der Waals surface area contributed by atoms with E-state index in [0.717, 1.165) is 47.5 Å². The smallest absolute Gasteiger partial charge is 0.229 e. The Bertz CT molecular complexity index is 1220. The minimum absolute atomic E-state index is 0.0536. The van der Waals surface area contributed by atoms with E-state index >= 15 is 0 Å². The van der Waals surface area contributed by atoms with Crippen LogP contribution in [0.2, 0.25) is 10.0 Å². The maximum Gasteiger partial charge on any atom is 0.229 e. The Morgan fingerprint density at radius 3 is 2.60 bits per heavy atom. The molecule has 0 aliphatic carbocycles. The van der Waals surface area contributed by atoms with Crippen molar-refractivity contribution in [2.24, 2.45) is 0 Å². The average molecular weight is 512 g/mol. The second-order valence-corrected chi connectivity index (χ2v) is 10.0. The zero-order valence-electron chi connectivity index (χ0n) is 20.6. The van der Waals surface area contributed by atoms with Crippen LogP contribution in [0.5, 0.6) is 0 Å². The van der Waals surface area contributed by atoms with E-state index in [9.17, 15) is 4.79 Å². The van der Waals surface area contributed by atoms with Crippen molar-refractivity contribution in [2.45, 2.75) is 58.4 Å². The molecule has 0 spiro atoms. The monoisotopic (exact) mass is 511 g/mol. The molecule has 2 aromatic heterocycles. The summed E-state index contributed by atoms with van der Waals surface area (Å²) in [5, 5.41) is 4.78. The van der Waals surface area contributed by atoms with Crippen molar-refractivity contribution in [3.63, 3.8) is 0 Å². The van der Waals surface area contributed by atoms with Gasteiger partial charge in [-0.3, -0.25) is 4.79 Å². The Morgan fingerprint density at radius 2 is 1.94 bits per heavy atom. The van der Waals surface area contributed by atoms with Gasteiger partial charge in [0.25, 0.3) is 0 Å². The highest BCUT2D eigenvalue weighted by Crippen LogP contribution is 2.36. The topological polar surface area (TPSA) is 71.0 Å². The summed E-state index contributed by atoms with van der Waals surface area (Å²) in [6.07, 6.45) is 6.13. The first kappa shape index (κ1) is 25.4. The van der Waals surface area contributed by atoms with Gasteiger partial charge in [0.05, 0.1) is 17.2 Å². The molecule has 1 amide bonds. The molecular weight excluding hydrogens is 481 g/mol. The molecule has 1 aliphatic heterocycles. The molecule has 6 nitrogen and oxygen atoms in total. The van der Waals surface area contributed by atoms with Gasteiger partial charge in [-0.15, -0.1) is 0 Å². The number of carbonyl (C=O) groups is 1. The predicted molar refractivity (Wildman–Crippen MR) is 142 cm³/mol. The van der Waals surface area contributed by atoms with Gasteiger partial charge in [-0.05, 0) is 75.4 Å². The molecule has 0 saturated heterocycles. The molecule has 4 rings (SSSR count). The van der Waals surface area contributed by atoms with Gasteiger partial charge in [0.1, 0.15) is 5.82 Å². The van der Waals surface area contributed by atoms with Gasteiger partial charge >= 0.3 is 0 Å². The van der Waals surface area contributed by atoms with Crippen LogP contribution in [-0.4, -0.2) is 44.4 Å². The number of anilines is 1. The van der Waals surface area contributed by atoms with Crippen LogP contribution in [0, 0.1) is 6.92 Å². The lowest BCUT2D eigenvalue weighted by Gasteiger charge is -2.42. The number of rotatable bonds is 7. The predicted octanol–water partition coefficient (Wildman–Crippen LogP) is 6.31. The van der Waals surface area contributed by atoms with Crippen LogP contribution in [0.1, 0.15) is 56.4 Å². The second kappa shape index (κ2) is 10.5. The Labute approximate surface area is 217 Å². The highest BCUT2D eigenvalue weighted by Gasteiger charge is 2.37. The van der Waals surface area contributed by atoms with Gasteiger partial charge in [-0.25, -0.2) is 15.0 Å². The van der Waals surface area contributed by atoms with Gasteiger partial charge in [0.2, 0.25) is 5.91 Å². The number of halogens is 2. The van der Waals surface area contributed by atoms with Crippen LogP contribution in [0.3, 0.4) is 0 Å². The summed E-state index contributed by atoms with van der Waals surface area (Å²) >= 11 is 12.5. The lowest BCUT2D eigenvalue weighted by Crippen LogP contribution is -2.53. The number of likely N-dealkylation sites (N-methyl/N-ethyl adjacent to an activating group) is 1. The van der Waals surface area contributed by atoms with Crippen LogP contribution in [-0.2, 0) is 11.2 Å². The SMILES string of the molecule is CCN(C[C@@]1(CC)CCc2cc(-c3ncccn3)c(C)nc2N1)C(=O)[C@@H](C)c1ccc(Cl)cc1Cl. The van der Waals surface area contributed by atoms with Crippen molar-refractivity contribution in [2.75, 3.05) is 18.4 Å². The van der Waals surface area contributed by atoms with Gasteiger partial charge in [-0.1, -0.05) is 36.2 Å². The molecule has 8 heteroatoms. The molecule has 1 aliphatic rings. The molecule has 35 heavy (non-hydrogen) atoms. The normalized spacial score (nSPS) is 17.9. The highest BCUT2D eigenvalue weighted by atomic mass is 35.5. The fourth-order valence-corrected chi connectivity index (χ4v) is 5.34. The number of carbonyl (C=O) groups excluding carboxylic acids is 1. The van der Waals surface area contributed by atoms with E-state index in [1.165, 1.54) is 0 Å².